The second kappa shape index (κ2) is 11.6. The molecule has 4 aromatic rings. The Bertz CT molecular complexity index is 1730. The fourth-order valence-corrected chi connectivity index (χ4v) is 5.72. The van der Waals surface area contributed by atoms with Crippen LogP contribution in [0.15, 0.2) is 91.0 Å². The van der Waals surface area contributed by atoms with E-state index in [0.29, 0.717) is 23.4 Å². The highest BCUT2D eigenvalue weighted by Crippen LogP contribution is 2.43. The minimum Gasteiger partial charge on any atom is -0.305 e. The second-order valence-electron chi connectivity index (χ2n) is 9.69. The molecule has 42 heavy (non-hydrogen) atoms. The molecule has 1 heterocycles. The van der Waals surface area contributed by atoms with E-state index in [-0.39, 0.29) is 32.5 Å². The van der Waals surface area contributed by atoms with E-state index >= 15 is 0 Å². The van der Waals surface area contributed by atoms with Crippen molar-refractivity contribution in [2.24, 2.45) is 0 Å². The van der Waals surface area contributed by atoms with Gasteiger partial charge in [-0.3, -0.25) is 29.8 Å². The number of nitro benzene ring substituents is 2. The first-order valence-corrected chi connectivity index (χ1v) is 13.5. The Labute approximate surface area is 250 Å². The van der Waals surface area contributed by atoms with Gasteiger partial charge in [0.25, 0.3) is 23.2 Å². The van der Waals surface area contributed by atoms with E-state index in [0.717, 1.165) is 0 Å². The summed E-state index contributed by atoms with van der Waals surface area (Å²) in [7, 11) is 0. The molecule has 0 bridgehead atoms. The number of carbonyl (C=O) groups is 2. The fraction of sp³-hybridized carbons (Fsp3) is 0.133. The lowest BCUT2D eigenvalue weighted by molar-refractivity contribution is -0.384. The largest absolute Gasteiger partial charge is 0.305 e. The summed E-state index contributed by atoms with van der Waals surface area (Å²) in [5, 5.41) is 22.2. The summed E-state index contributed by atoms with van der Waals surface area (Å²) in [6.07, 6.45) is 0.338. The molecule has 0 fully saturated rings. The zero-order valence-corrected chi connectivity index (χ0v) is 23.5. The lowest BCUT2D eigenvalue weighted by atomic mass is 9.89. The number of anilines is 2. The predicted molar refractivity (Wildman–Crippen MR) is 160 cm³/mol. The number of nitrogens with zero attached hydrogens (tertiary/aromatic N) is 4. The van der Waals surface area contributed by atoms with Crippen LogP contribution in [0.5, 0.6) is 0 Å². The van der Waals surface area contributed by atoms with Crippen LogP contribution in [0, 0.1) is 20.2 Å². The standard InChI is InChI=1S/C30H22Cl2N4O6/c1-18-15-28(34(21-7-3-2-4-8-21)30(38)20-12-14-27(36(41)42)24(32)17-20)22-9-5-6-10-25(22)33(18)29(37)19-11-13-26(35(39)40)23(31)16-19/h2-14,16-18,28H,15H2,1H3/t18-,28+/m0/s1. The smallest absolute Gasteiger partial charge is 0.287 e. The first-order valence-electron chi connectivity index (χ1n) is 12.8. The molecule has 10 nitrogen and oxygen atoms in total. The number of para-hydroxylation sites is 2. The molecule has 0 aromatic heterocycles. The molecular weight excluding hydrogens is 583 g/mol. The lowest BCUT2D eigenvalue weighted by Crippen LogP contribution is -2.47. The average Bonchev–Trinajstić information content (AvgIpc) is 2.97. The minimum absolute atomic E-state index is 0.149. The molecule has 0 aliphatic carbocycles. The van der Waals surface area contributed by atoms with Crippen LogP contribution in [-0.2, 0) is 0 Å². The van der Waals surface area contributed by atoms with Crippen molar-refractivity contribution in [2.75, 3.05) is 9.80 Å². The molecule has 2 amide bonds. The van der Waals surface area contributed by atoms with E-state index < -0.39 is 33.7 Å². The molecule has 2 atom stereocenters. The topological polar surface area (TPSA) is 127 Å². The van der Waals surface area contributed by atoms with Crippen molar-refractivity contribution in [1.82, 2.24) is 0 Å². The summed E-state index contributed by atoms with van der Waals surface area (Å²) >= 11 is 12.3. The van der Waals surface area contributed by atoms with Crippen LogP contribution in [0.1, 0.15) is 45.7 Å². The molecule has 4 aromatic carbocycles. The van der Waals surface area contributed by atoms with Gasteiger partial charge in [0, 0.05) is 40.7 Å². The van der Waals surface area contributed by atoms with Crippen LogP contribution < -0.4 is 9.80 Å². The molecule has 1 aliphatic heterocycles. The molecule has 0 radical (unpaired) electrons. The van der Waals surface area contributed by atoms with Crippen molar-refractivity contribution in [3.05, 3.63) is 138 Å². The summed E-state index contributed by atoms with van der Waals surface area (Å²) in [6, 6.07) is 22.9. The third kappa shape index (κ3) is 5.29. The Morgan fingerprint density at radius 2 is 1.36 bits per heavy atom. The molecule has 0 unspecified atom stereocenters. The van der Waals surface area contributed by atoms with Crippen LogP contribution in [0.4, 0.5) is 22.7 Å². The fourth-order valence-electron chi connectivity index (χ4n) is 5.22. The van der Waals surface area contributed by atoms with Gasteiger partial charge in [0.15, 0.2) is 0 Å². The summed E-state index contributed by atoms with van der Waals surface area (Å²) < 4.78 is 0. The maximum absolute atomic E-state index is 14.1. The van der Waals surface area contributed by atoms with Gasteiger partial charge < -0.3 is 9.80 Å². The van der Waals surface area contributed by atoms with E-state index in [1.807, 2.05) is 25.1 Å². The van der Waals surface area contributed by atoms with Crippen molar-refractivity contribution in [2.45, 2.75) is 25.4 Å². The zero-order valence-electron chi connectivity index (χ0n) is 22.0. The Kier molecular flexibility index (Phi) is 7.93. The number of hydrogen-bond acceptors (Lipinski definition) is 6. The number of nitro groups is 2. The SMILES string of the molecule is C[C@H]1C[C@@H](N(C(=O)c2ccc([N+](=O)[O-])c(Cl)c2)c2ccccc2)c2ccccc2N1C(=O)c1ccc([N+](=O)[O-])c(Cl)c1. The molecule has 0 N–H and O–H groups in total. The van der Waals surface area contributed by atoms with E-state index in [2.05, 4.69) is 0 Å². The number of carbonyl (C=O) groups excluding carboxylic acids is 2. The van der Waals surface area contributed by atoms with Gasteiger partial charge in [-0.2, -0.15) is 0 Å². The summed E-state index contributed by atoms with van der Waals surface area (Å²) in [5.74, 6) is -0.822. The molecular formula is C30H22Cl2N4O6. The average molecular weight is 605 g/mol. The number of benzene rings is 4. The van der Waals surface area contributed by atoms with Gasteiger partial charge in [-0.15, -0.1) is 0 Å². The predicted octanol–water partition coefficient (Wildman–Crippen LogP) is 7.64. The van der Waals surface area contributed by atoms with Crippen LogP contribution in [0.25, 0.3) is 0 Å². The van der Waals surface area contributed by atoms with E-state index in [1.165, 1.54) is 36.4 Å². The highest BCUT2D eigenvalue weighted by molar-refractivity contribution is 6.33. The highest BCUT2D eigenvalue weighted by Gasteiger charge is 2.39. The normalized spacial score (nSPS) is 15.9. The maximum Gasteiger partial charge on any atom is 0.287 e. The van der Waals surface area contributed by atoms with Crippen LogP contribution in [0.3, 0.4) is 0 Å². The Morgan fingerprint density at radius 1 is 0.810 bits per heavy atom. The number of amides is 2. The van der Waals surface area contributed by atoms with Gasteiger partial charge in [-0.1, -0.05) is 59.6 Å². The van der Waals surface area contributed by atoms with Crippen molar-refractivity contribution in [3.8, 4) is 0 Å². The molecule has 0 spiro atoms. The monoisotopic (exact) mass is 604 g/mol. The van der Waals surface area contributed by atoms with E-state index in [4.69, 9.17) is 23.2 Å². The number of rotatable bonds is 6. The molecule has 0 saturated heterocycles. The lowest BCUT2D eigenvalue weighted by Gasteiger charge is -2.43. The van der Waals surface area contributed by atoms with Crippen LogP contribution in [-0.4, -0.2) is 27.7 Å². The molecule has 1 aliphatic rings. The molecule has 0 saturated carbocycles. The maximum atomic E-state index is 14.1. The van der Waals surface area contributed by atoms with Crippen molar-refractivity contribution < 1.29 is 19.4 Å². The zero-order chi connectivity index (χ0) is 30.1. The third-order valence-corrected chi connectivity index (χ3v) is 7.73. The Balaban J connectivity index is 1.58. The van der Waals surface area contributed by atoms with Gasteiger partial charge in [0.05, 0.1) is 15.9 Å². The van der Waals surface area contributed by atoms with Crippen molar-refractivity contribution in [3.63, 3.8) is 0 Å². The number of hydrogen-bond donors (Lipinski definition) is 0. The van der Waals surface area contributed by atoms with Gasteiger partial charge >= 0.3 is 0 Å². The van der Waals surface area contributed by atoms with Crippen LogP contribution >= 0.6 is 23.2 Å². The van der Waals surface area contributed by atoms with Crippen molar-refractivity contribution >= 4 is 57.8 Å². The number of halogens is 2. The highest BCUT2D eigenvalue weighted by atomic mass is 35.5. The summed E-state index contributed by atoms with van der Waals surface area (Å²) in [6.45, 7) is 1.85. The first kappa shape index (κ1) is 28.7. The number of fused-ring (bicyclic) bond motifs is 1. The quantitative estimate of drug-likeness (QED) is 0.164. The third-order valence-electron chi connectivity index (χ3n) is 7.13. The molecule has 12 heteroatoms. The van der Waals surface area contributed by atoms with Gasteiger partial charge in [0.1, 0.15) is 10.0 Å². The minimum atomic E-state index is -0.618. The van der Waals surface area contributed by atoms with Crippen molar-refractivity contribution in [1.29, 1.82) is 0 Å². The summed E-state index contributed by atoms with van der Waals surface area (Å²) in [5.41, 5.74) is 1.59. The van der Waals surface area contributed by atoms with E-state index in [9.17, 15) is 29.8 Å². The molecule has 212 valence electrons. The Morgan fingerprint density at radius 3 is 1.95 bits per heavy atom. The van der Waals surface area contributed by atoms with E-state index in [1.54, 1.807) is 46.2 Å². The van der Waals surface area contributed by atoms with Gasteiger partial charge in [0.2, 0.25) is 0 Å². The van der Waals surface area contributed by atoms with Gasteiger partial charge in [-0.05, 0) is 61.4 Å². The summed E-state index contributed by atoms with van der Waals surface area (Å²) in [4.78, 5) is 52.4. The van der Waals surface area contributed by atoms with Crippen LogP contribution in [0.2, 0.25) is 10.0 Å². The molecule has 5 rings (SSSR count). The van der Waals surface area contributed by atoms with Gasteiger partial charge in [-0.25, -0.2) is 0 Å². The second-order valence-corrected chi connectivity index (χ2v) is 10.5. The Hall–Kier alpha value is -4.80. The first-order chi connectivity index (χ1) is 20.1.